The van der Waals surface area contributed by atoms with Crippen molar-refractivity contribution in [1.82, 2.24) is 0 Å². The highest BCUT2D eigenvalue weighted by Crippen LogP contribution is 2.33. The number of aryl methyl sites for hydroxylation is 1. The van der Waals surface area contributed by atoms with Crippen LogP contribution < -0.4 is 15.2 Å². The summed E-state index contributed by atoms with van der Waals surface area (Å²) >= 11 is 0. The van der Waals surface area contributed by atoms with E-state index in [1.807, 2.05) is 18.2 Å². The van der Waals surface area contributed by atoms with Gasteiger partial charge in [0.2, 0.25) is 0 Å². The first kappa shape index (κ1) is 13.9. The molecule has 3 nitrogen and oxygen atoms in total. The second-order valence-electron chi connectivity index (χ2n) is 5.22. The minimum atomic E-state index is -0.356. The Morgan fingerprint density at radius 2 is 2.00 bits per heavy atom. The van der Waals surface area contributed by atoms with Crippen LogP contribution in [0.4, 0.5) is 4.39 Å². The second kappa shape index (κ2) is 5.74. The summed E-state index contributed by atoms with van der Waals surface area (Å²) in [7, 11) is 1.65. The average molecular weight is 287 g/mol. The van der Waals surface area contributed by atoms with E-state index in [4.69, 9.17) is 15.2 Å². The van der Waals surface area contributed by atoms with E-state index in [-0.39, 0.29) is 23.7 Å². The molecular weight excluding hydrogens is 269 g/mol. The average Bonchev–Trinajstić information content (AvgIpc) is 2.51. The van der Waals surface area contributed by atoms with Crippen LogP contribution in [0.5, 0.6) is 11.5 Å². The van der Waals surface area contributed by atoms with E-state index in [1.165, 1.54) is 11.6 Å². The summed E-state index contributed by atoms with van der Waals surface area (Å²) in [6.45, 7) is 0. The molecule has 0 heterocycles. The van der Waals surface area contributed by atoms with Gasteiger partial charge in [-0.05, 0) is 48.2 Å². The molecule has 0 amide bonds. The normalized spacial score (nSPS) is 20.7. The molecule has 0 aliphatic heterocycles. The molecule has 2 aromatic rings. The van der Waals surface area contributed by atoms with Crippen LogP contribution in [-0.2, 0) is 6.42 Å². The van der Waals surface area contributed by atoms with E-state index in [1.54, 1.807) is 25.3 Å². The van der Waals surface area contributed by atoms with Crippen molar-refractivity contribution in [3.05, 3.63) is 59.4 Å². The van der Waals surface area contributed by atoms with Crippen molar-refractivity contribution in [3.8, 4) is 11.5 Å². The number of para-hydroxylation sites is 1. The quantitative estimate of drug-likeness (QED) is 0.942. The number of rotatable bonds is 3. The maximum atomic E-state index is 13.7. The third kappa shape index (κ3) is 2.72. The van der Waals surface area contributed by atoms with Gasteiger partial charge in [-0.2, -0.15) is 0 Å². The molecular formula is C17H18FNO2. The van der Waals surface area contributed by atoms with E-state index < -0.39 is 0 Å². The highest BCUT2D eigenvalue weighted by Gasteiger charge is 2.29. The monoisotopic (exact) mass is 287 g/mol. The first-order valence-electron chi connectivity index (χ1n) is 7.02. The third-order valence-electron chi connectivity index (χ3n) is 3.92. The Hall–Kier alpha value is -2.07. The number of benzene rings is 2. The summed E-state index contributed by atoms with van der Waals surface area (Å²) in [6.07, 6.45) is 1.39. The van der Waals surface area contributed by atoms with Gasteiger partial charge in [0.25, 0.3) is 0 Å². The van der Waals surface area contributed by atoms with E-state index in [9.17, 15) is 4.39 Å². The molecule has 0 spiro atoms. The Balaban J connectivity index is 1.82. The topological polar surface area (TPSA) is 44.5 Å². The summed E-state index contributed by atoms with van der Waals surface area (Å²) in [5.74, 6) is 0.731. The molecule has 3 rings (SSSR count). The SMILES string of the molecule is COc1ccc2c(c1)CCC(Oc1ccccc1F)C2N. The van der Waals surface area contributed by atoms with Gasteiger partial charge in [-0.25, -0.2) is 4.39 Å². The maximum Gasteiger partial charge on any atom is 0.165 e. The van der Waals surface area contributed by atoms with E-state index >= 15 is 0 Å². The van der Waals surface area contributed by atoms with Crippen molar-refractivity contribution in [2.45, 2.75) is 25.0 Å². The highest BCUT2D eigenvalue weighted by molar-refractivity contribution is 5.40. The number of fused-ring (bicyclic) bond motifs is 1. The van der Waals surface area contributed by atoms with Crippen LogP contribution in [0.1, 0.15) is 23.6 Å². The van der Waals surface area contributed by atoms with Gasteiger partial charge in [0.15, 0.2) is 11.6 Å². The number of methoxy groups -OCH3 is 1. The molecule has 110 valence electrons. The number of hydrogen-bond donors (Lipinski definition) is 1. The first-order chi connectivity index (χ1) is 10.2. The lowest BCUT2D eigenvalue weighted by Crippen LogP contribution is -2.36. The van der Waals surface area contributed by atoms with Gasteiger partial charge >= 0.3 is 0 Å². The predicted octanol–water partition coefficient (Wildman–Crippen LogP) is 3.23. The molecule has 0 fully saturated rings. The van der Waals surface area contributed by atoms with Gasteiger partial charge in [0, 0.05) is 0 Å². The molecule has 2 N–H and O–H groups in total. The minimum absolute atomic E-state index is 0.220. The minimum Gasteiger partial charge on any atom is -0.497 e. The van der Waals surface area contributed by atoms with Crippen molar-refractivity contribution in [1.29, 1.82) is 0 Å². The van der Waals surface area contributed by atoms with Crippen LogP contribution in [0.2, 0.25) is 0 Å². The summed E-state index contributed by atoms with van der Waals surface area (Å²) in [5.41, 5.74) is 8.51. The Morgan fingerprint density at radius 3 is 2.76 bits per heavy atom. The zero-order valence-electron chi connectivity index (χ0n) is 11.9. The predicted molar refractivity (Wildman–Crippen MR) is 79.1 cm³/mol. The second-order valence-corrected chi connectivity index (χ2v) is 5.22. The van der Waals surface area contributed by atoms with Gasteiger partial charge in [-0.3, -0.25) is 0 Å². The van der Waals surface area contributed by atoms with Gasteiger partial charge in [0.1, 0.15) is 11.9 Å². The fraction of sp³-hybridized carbons (Fsp3) is 0.294. The zero-order valence-corrected chi connectivity index (χ0v) is 11.9. The van der Waals surface area contributed by atoms with Crippen LogP contribution in [0, 0.1) is 5.82 Å². The number of halogens is 1. The summed E-state index contributed by atoms with van der Waals surface area (Å²) in [5, 5.41) is 0. The summed E-state index contributed by atoms with van der Waals surface area (Å²) in [6, 6.07) is 12.0. The molecule has 4 heteroatoms. The molecule has 0 saturated carbocycles. The van der Waals surface area contributed by atoms with Crippen LogP contribution >= 0.6 is 0 Å². The standard InChI is InChI=1S/C17H18FNO2/c1-20-12-7-8-13-11(10-12)6-9-16(17(13)19)21-15-5-3-2-4-14(15)18/h2-5,7-8,10,16-17H,6,9,19H2,1H3. The molecule has 1 aliphatic carbocycles. The first-order valence-corrected chi connectivity index (χ1v) is 7.02. The van der Waals surface area contributed by atoms with Crippen LogP contribution in [-0.4, -0.2) is 13.2 Å². The Kier molecular flexibility index (Phi) is 3.80. The van der Waals surface area contributed by atoms with Gasteiger partial charge in [-0.1, -0.05) is 18.2 Å². The van der Waals surface area contributed by atoms with E-state index in [0.717, 1.165) is 24.2 Å². The number of nitrogens with two attached hydrogens (primary N) is 1. The lowest BCUT2D eigenvalue weighted by atomic mass is 9.86. The van der Waals surface area contributed by atoms with Gasteiger partial charge in [0.05, 0.1) is 13.2 Å². The molecule has 21 heavy (non-hydrogen) atoms. The molecule has 0 bridgehead atoms. The fourth-order valence-corrected chi connectivity index (χ4v) is 2.76. The van der Waals surface area contributed by atoms with Crippen molar-refractivity contribution < 1.29 is 13.9 Å². The molecule has 2 atom stereocenters. The maximum absolute atomic E-state index is 13.7. The zero-order chi connectivity index (χ0) is 14.8. The molecule has 1 aliphatic rings. The lowest BCUT2D eigenvalue weighted by molar-refractivity contribution is 0.147. The largest absolute Gasteiger partial charge is 0.497 e. The molecule has 0 radical (unpaired) electrons. The van der Waals surface area contributed by atoms with E-state index in [2.05, 4.69) is 0 Å². The molecule has 0 saturated heterocycles. The van der Waals surface area contributed by atoms with Crippen molar-refractivity contribution in [3.63, 3.8) is 0 Å². The Morgan fingerprint density at radius 1 is 1.19 bits per heavy atom. The van der Waals surface area contributed by atoms with Crippen molar-refractivity contribution >= 4 is 0 Å². The Labute approximate surface area is 123 Å². The van der Waals surface area contributed by atoms with Crippen LogP contribution in [0.15, 0.2) is 42.5 Å². The molecule has 2 aromatic carbocycles. The summed E-state index contributed by atoms with van der Waals surface area (Å²) < 4.78 is 24.7. The number of hydrogen-bond acceptors (Lipinski definition) is 3. The summed E-state index contributed by atoms with van der Waals surface area (Å²) in [4.78, 5) is 0. The fourth-order valence-electron chi connectivity index (χ4n) is 2.76. The van der Waals surface area contributed by atoms with E-state index in [0.29, 0.717) is 0 Å². The molecule has 2 unspecified atom stereocenters. The molecule has 0 aromatic heterocycles. The lowest BCUT2D eigenvalue weighted by Gasteiger charge is -2.31. The van der Waals surface area contributed by atoms with Crippen molar-refractivity contribution in [2.24, 2.45) is 5.73 Å². The Bertz CT molecular complexity index is 644. The van der Waals surface area contributed by atoms with Crippen LogP contribution in [0.3, 0.4) is 0 Å². The number of ether oxygens (including phenoxy) is 2. The highest BCUT2D eigenvalue weighted by atomic mass is 19.1. The smallest absolute Gasteiger partial charge is 0.165 e. The van der Waals surface area contributed by atoms with Gasteiger partial charge < -0.3 is 15.2 Å². The van der Waals surface area contributed by atoms with Crippen LogP contribution in [0.25, 0.3) is 0 Å². The third-order valence-corrected chi connectivity index (χ3v) is 3.92. The van der Waals surface area contributed by atoms with Gasteiger partial charge in [-0.15, -0.1) is 0 Å². The van der Waals surface area contributed by atoms with Crippen molar-refractivity contribution in [2.75, 3.05) is 7.11 Å².